The van der Waals surface area contributed by atoms with Gasteiger partial charge in [-0.2, -0.15) is 15.0 Å². The van der Waals surface area contributed by atoms with Gasteiger partial charge in [-0.25, -0.2) is 4.79 Å². The van der Waals surface area contributed by atoms with Crippen molar-refractivity contribution in [1.29, 1.82) is 5.26 Å². The molecular formula is C22H17ClN4O3. The molecule has 0 unspecified atom stereocenters. The van der Waals surface area contributed by atoms with Crippen molar-refractivity contribution in [2.75, 3.05) is 19.0 Å². The Hall–Kier alpha value is -3.89. The summed E-state index contributed by atoms with van der Waals surface area (Å²) in [6.07, 6.45) is 3.06. The number of hydrogen-bond donors (Lipinski definition) is 1. The van der Waals surface area contributed by atoms with Gasteiger partial charge in [-0.15, -0.1) is 0 Å². The summed E-state index contributed by atoms with van der Waals surface area (Å²) in [6.45, 7) is 0. The molecule has 0 radical (unpaired) electrons. The second kappa shape index (κ2) is 8.64. The average molecular weight is 421 g/mol. The molecule has 0 aliphatic carbocycles. The van der Waals surface area contributed by atoms with Crippen molar-refractivity contribution in [3.05, 3.63) is 86.3 Å². The van der Waals surface area contributed by atoms with Crippen LogP contribution in [0.5, 0.6) is 0 Å². The number of carboxylic acid groups (broad SMARTS) is 1. The maximum atomic E-state index is 12.8. The van der Waals surface area contributed by atoms with E-state index < -0.39 is 17.2 Å². The molecule has 0 saturated carbocycles. The fourth-order valence-electron chi connectivity index (χ4n) is 2.79. The summed E-state index contributed by atoms with van der Waals surface area (Å²) < 4.78 is 0.890. The molecule has 0 aliphatic heterocycles. The first-order valence-electron chi connectivity index (χ1n) is 8.84. The Bertz CT molecular complexity index is 1220. The number of anilines is 1. The first-order valence-corrected chi connectivity index (χ1v) is 9.21. The summed E-state index contributed by atoms with van der Waals surface area (Å²) in [5.74, 6) is -1.35. The Morgan fingerprint density at radius 3 is 2.30 bits per heavy atom. The standard InChI is InChI=1S/C22H17ClN4O3/c1-26(2)16-8-3-14(4-9-16)5-12-18-19(13-24)21(28)27(25-20(18)22(29)30)17-10-6-15(23)7-11-17/h3-12H,1-2H3,(H,29,30)/b12-5-. The van der Waals surface area contributed by atoms with Crippen LogP contribution in [0.3, 0.4) is 0 Å². The van der Waals surface area contributed by atoms with E-state index in [1.54, 1.807) is 18.2 Å². The number of hydrogen-bond acceptors (Lipinski definition) is 5. The highest BCUT2D eigenvalue weighted by Gasteiger charge is 2.21. The lowest BCUT2D eigenvalue weighted by atomic mass is 10.1. The number of carbonyl (C=O) groups is 1. The predicted octanol–water partition coefficient (Wildman–Crippen LogP) is 3.69. The van der Waals surface area contributed by atoms with Crippen molar-refractivity contribution in [2.45, 2.75) is 0 Å². The molecule has 3 rings (SSSR count). The number of carboxylic acids is 1. The van der Waals surface area contributed by atoms with Crippen LogP contribution in [-0.4, -0.2) is 35.0 Å². The lowest BCUT2D eigenvalue weighted by molar-refractivity contribution is 0.0688. The van der Waals surface area contributed by atoms with E-state index in [9.17, 15) is 20.0 Å². The third-order valence-corrected chi connectivity index (χ3v) is 4.62. The van der Waals surface area contributed by atoms with Gasteiger partial charge in [-0.3, -0.25) is 4.79 Å². The summed E-state index contributed by atoms with van der Waals surface area (Å²) in [6, 6.07) is 15.4. The lowest BCUT2D eigenvalue weighted by Crippen LogP contribution is -2.28. The molecule has 1 N–H and O–H groups in total. The molecule has 7 nitrogen and oxygen atoms in total. The highest BCUT2D eigenvalue weighted by molar-refractivity contribution is 6.30. The average Bonchev–Trinajstić information content (AvgIpc) is 2.73. The number of nitrogens with zero attached hydrogens (tertiary/aromatic N) is 4. The van der Waals surface area contributed by atoms with Gasteiger partial charge in [-0.05, 0) is 42.0 Å². The normalized spacial score (nSPS) is 10.7. The van der Waals surface area contributed by atoms with E-state index in [1.807, 2.05) is 49.3 Å². The first kappa shape index (κ1) is 20.8. The second-order valence-corrected chi connectivity index (χ2v) is 7.00. The van der Waals surface area contributed by atoms with Crippen molar-refractivity contribution in [2.24, 2.45) is 0 Å². The van der Waals surface area contributed by atoms with Gasteiger partial charge in [0.2, 0.25) is 0 Å². The largest absolute Gasteiger partial charge is 0.476 e. The Kier molecular flexibility index (Phi) is 6.00. The second-order valence-electron chi connectivity index (χ2n) is 6.57. The summed E-state index contributed by atoms with van der Waals surface area (Å²) in [7, 11) is 3.84. The van der Waals surface area contributed by atoms with Gasteiger partial charge in [0.05, 0.1) is 5.69 Å². The van der Waals surface area contributed by atoms with Gasteiger partial charge in [0, 0.05) is 30.4 Å². The zero-order valence-corrected chi connectivity index (χ0v) is 17.0. The number of halogens is 1. The van der Waals surface area contributed by atoms with E-state index in [4.69, 9.17) is 11.6 Å². The fraction of sp³-hybridized carbons (Fsp3) is 0.0909. The predicted molar refractivity (Wildman–Crippen MR) is 116 cm³/mol. The highest BCUT2D eigenvalue weighted by Crippen LogP contribution is 2.18. The van der Waals surface area contributed by atoms with Gasteiger partial charge >= 0.3 is 5.97 Å². The minimum Gasteiger partial charge on any atom is -0.476 e. The SMILES string of the molecule is CN(C)c1ccc(/C=C\c2c(C(=O)O)nn(-c3ccc(Cl)cc3)c(=O)c2C#N)cc1. The van der Waals surface area contributed by atoms with Crippen LogP contribution in [0.15, 0.2) is 53.3 Å². The van der Waals surface area contributed by atoms with Crippen LogP contribution in [0.1, 0.15) is 27.2 Å². The highest BCUT2D eigenvalue weighted by atomic mass is 35.5. The molecule has 0 atom stereocenters. The monoisotopic (exact) mass is 420 g/mol. The van der Waals surface area contributed by atoms with Crippen LogP contribution in [0.2, 0.25) is 5.02 Å². The van der Waals surface area contributed by atoms with Gasteiger partial charge in [-0.1, -0.05) is 35.9 Å². The lowest BCUT2D eigenvalue weighted by Gasteiger charge is -2.12. The molecule has 2 aromatic carbocycles. The maximum Gasteiger partial charge on any atom is 0.357 e. The van der Waals surface area contributed by atoms with Crippen LogP contribution < -0.4 is 10.5 Å². The summed E-state index contributed by atoms with van der Waals surface area (Å²) in [5, 5.41) is 23.6. The van der Waals surface area contributed by atoms with E-state index >= 15 is 0 Å². The molecule has 0 saturated heterocycles. The first-order chi connectivity index (χ1) is 14.3. The molecule has 0 bridgehead atoms. The number of aromatic nitrogens is 2. The van der Waals surface area contributed by atoms with E-state index in [2.05, 4.69) is 5.10 Å². The molecular weight excluding hydrogens is 404 g/mol. The molecule has 30 heavy (non-hydrogen) atoms. The summed E-state index contributed by atoms with van der Waals surface area (Å²) >= 11 is 5.86. The molecule has 1 aromatic heterocycles. The molecule has 1 heterocycles. The Balaban J connectivity index is 2.13. The molecule has 0 spiro atoms. The minimum atomic E-state index is -1.35. The van der Waals surface area contributed by atoms with E-state index in [0.717, 1.165) is 15.9 Å². The third-order valence-electron chi connectivity index (χ3n) is 4.37. The van der Waals surface area contributed by atoms with E-state index in [0.29, 0.717) is 10.7 Å². The number of aromatic carboxylic acids is 1. The van der Waals surface area contributed by atoms with Crippen molar-refractivity contribution < 1.29 is 9.90 Å². The Morgan fingerprint density at radius 2 is 1.77 bits per heavy atom. The number of rotatable bonds is 5. The van der Waals surface area contributed by atoms with Crippen molar-refractivity contribution >= 4 is 35.4 Å². The fourth-order valence-corrected chi connectivity index (χ4v) is 2.91. The van der Waals surface area contributed by atoms with Crippen LogP contribution in [0.4, 0.5) is 5.69 Å². The molecule has 150 valence electrons. The zero-order valence-electron chi connectivity index (χ0n) is 16.2. The molecule has 0 fully saturated rings. The van der Waals surface area contributed by atoms with E-state index in [-0.39, 0.29) is 11.1 Å². The Labute approximate surface area is 177 Å². The zero-order chi connectivity index (χ0) is 21.8. The van der Waals surface area contributed by atoms with Gasteiger partial charge < -0.3 is 10.0 Å². The quantitative estimate of drug-likeness (QED) is 0.675. The van der Waals surface area contributed by atoms with E-state index in [1.165, 1.54) is 18.2 Å². The smallest absolute Gasteiger partial charge is 0.357 e. The molecule has 3 aromatic rings. The molecule has 8 heteroatoms. The minimum absolute atomic E-state index is 0.0445. The Morgan fingerprint density at radius 1 is 1.13 bits per heavy atom. The van der Waals surface area contributed by atoms with Crippen molar-refractivity contribution in [3.8, 4) is 11.8 Å². The number of benzene rings is 2. The van der Waals surface area contributed by atoms with Crippen LogP contribution >= 0.6 is 11.6 Å². The van der Waals surface area contributed by atoms with Gasteiger partial charge in [0.25, 0.3) is 5.56 Å². The summed E-state index contributed by atoms with van der Waals surface area (Å²) in [4.78, 5) is 26.6. The van der Waals surface area contributed by atoms with Crippen LogP contribution in [-0.2, 0) is 0 Å². The van der Waals surface area contributed by atoms with Gasteiger partial charge in [0.1, 0.15) is 11.6 Å². The van der Waals surface area contributed by atoms with Crippen molar-refractivity contribution in [1.82, 2.24) is 9.78 Å². The van der Waals surface area contributed by atoms with Crippen molar-refractivity contribution in [3.63, 3.8) is 0 Å². The topological polar surface area (TPSA) is 99.2 Å². The molecule has 0 amide bonds. The third kappa shape index (κ3) is 4.24. The van der Waals surface area contributed by atoms with Crippen LogP contribution in [0, 0.1) is 11.3 Å². The maximum absolute atomic E-state index is 12.8. The van der Waals surface area contributed by atoms with Crippen LogP contribution in [0.25, 0.3) is 17.8 Å². The summed E-state index contributed by atoms with van der Waals surface area (Å²) in [5.41, 5.74) is 0.620. The van der Waals surface area contributed by atoms with Gasteiger partial charge in [0.15, 0.2) is 5.69 Å². The molecule has 0 aliphatic rings. The number of nitriles is 1.